The molecule has 2 aromatic heterocycles. The molecule has 10 nitrogen and oxygen atoms in total. The lowest BCUT2D eigenvalue weighted by Gasteiger charge is -2.29. The summed E-state index contributed by atoms with van der Waals surface area (Å²) in [5.41, 5.74) is 4.25. The van der Waals surface area contributed by atoms with Gasteiger partial charge in [-0.3, -0.25) is 4.79 Å². The van der Waals surface area contributed by atoms with Gasteiger partial charge < -0.3 is 24.9 Å². The number of carbonyl (C=O) groups is 1. The largest absolute Gasteiger partial charge is 0.493 e. The Morgan fingerprint density at radius 2 is 2.05 bits per heavy atom. The van der Waals surface area contributed by atoms with Crippen LogP contribution in [0.1, 0.15) is 55.1 Å². The van der Waals surface area contributed by atoms with Crippen molar-refractivity contribution in [2.24, 2.45) is 5.84 Å². The molecule has 0 saturated carbocycles. The Morgan fingerprint density at radius 1 is 1.24 bits per heavy atom. The van der Waals surface area contributed by atoms with Crippen LogP contribution in [0.5, 0.6) is 11.8 Å². The lowest BCUT2D eigenvalue weighted by atomic mass is 10.0. The number of benzene rings is 1. The molecule has 10 heteroatoms. The normalized spacial score (nSPS) is 13.4. The first-order chi connectivity index (χ1) is 18.5. The van der Waals surface area contributed by atoms with E-state index in [2.05, 4.69) is 27.4 Å². The van der Waals surface area contributed by atoms with Gasteiger partial charge in [-0.15, -0.1) is 0 Å². The van der Waals surface area contributed by atoms with Crippen molar-refractivity contribution in [1.82, 2.24) is 15.0 Å². The number of aryl methyl sites for hydroxylation is 1. The highest BCUT2D eigenvalue weighted by molar-refractivity contribution is 5.72. The Balaban J connectivity index is 1.49. The predicted octanol–water partition coefficient (Wildman–Crippen LogP) is 4.18. The van der Waals surface area contributed by atoms with Crippen molar-refractivity contribution in [3.8, 4) is 11.8 Å². The number of anilines is 2. The van der Waals surface area contributed by atoms with E-state index < -0.39 is 12.0 Å². The van der Waals surface area contributed by atoms with Crippen LogP contribution in [0.4, 0.5) is 11.5 Å². The summed E-state index contributed by atoms with van der Waals surface area (Å²) >= 11 is 0. The molecular weight excluding hydrogens is 484 g/mol. The molecule has 1 aliphatic rings. The summed E-state index contributed by atoms with van der Waals surface area (Å²) in [6, 6.07) is 9.29. The number of hydrazine groups is 1. The number of nitrogens with zero attached hydrogens (tertiary/aromatic N) is 4. The van der Waals surface area contributed by atoms with Crippen LogP contribution in [0.2, 0.25) is 0 Å². The fraction of sp³-hybridized carbons (Fsp3) is 0.357. The van der Waals surface area contributed by atoms with E-state index in [1.54, 1.807) is 12.4 Å². The summed E-state index contributed by atoms with van der Waals surface area (Å²) in [5, 5.41) is 14.4. The Hall–Kier alpha value is -4.18. The number of rotatable bonds is 12. The van der Waals surface area contributed by atoms with Crippen LogP contribution in [0.15, 0.2) is 48.8 Å². The number of nitrogens with two attached hydrogens (primary N) is 1. The van der Waals surface area contributed by atoms with Crippen molar-refractivity contribution in [1.29, 1.82) is 0 Å². The molecule has 0 amide bonds. The number of allylic oxidation sites excluding steroid dienone is 1. The van der Waals surface area contributed by atoms with Crippen LogP contribution in [0.3, 0.4) is 0 Å². The van der Waals surface area contributed by atoms with Gasteiger partial charge in [0.1, 0.15) is 11.6 Å². The van der Waals surface area contributed by atoms with Gasteiger partial charge in [0.05, 0.1) is 31.4 Å². The zero-order chi connectivity index (χ0) is 26.9. The van der Waals surface area contributed by atoms with E-state index in [1.165, 1.54) is 10.6 Å². The lowest BCUT2D eigenvalue weighted by molar-refractivity contribution is -0.137. The van der Waals surface area contributed by atoms with Gasteiger partial charge in [-0.2, -0.15) is 0 Å². The molecule has 38 heavy (non-hydrogen) atoms. The molecule has 3 aromatic rings. The van der Waals surface area contributed by atoms with Gasteiger partial charge in [0.25, 0.3) is 0 Å². The summed E-state index contributed by atoms with van der Waals surface area (Å²) in [6.07, 6.45) is 9.53. The minimum atomic E-state index is -0.988. The second-order valence-corrected chi connectivity index (χ2v) is 8.91. The maximum Gasteiger partial charge on any atom is 0.316 e. The van der Waals surface area contributed by atoms with Crippen molar-refractivity contribution in [2.75, 3.05) is 30.1 Å². The van der Waals surface area contributed by atoms with Crippen LogP contribution in [-0.2, 0) is 17.6 Å². The standard InChI is InChI=1S/C28H34N6O4/c1-3-6-20-15-23(38-14-12-22-9-8-19-7-5-13-30-27(19)33-22)10-11-24(20)34(29)25(16-26(35)36)21-17-31-28(32-18-21)37-4-2/h3,6,8-11,15,17-18,25H,4-5,7,12-14,16,29H2,1-2H3,(H,30,33)(H,35,36)/b6-3-. The molecule has 4 rings (SSSR count). The molecule has 0 spiro atoms. The number of hydrogen-bond acceptors (Lipinski definition) is 9. The summed E-state index contributed by atoms with van der Waals surface area (Å²) in [5.74, 6) is 7.20. The molecule has 0 fully saturated rings. The molecule has 1 atom stereocenters. The van der Waals surface area contributed by atoms with E-state index in [4.69, 9.17) is 20.3 Å². The van der Waals surface area contributed by atoms with Crippen LogP contribution in [0.25, 0.3) is 6.08 Å². The van der Waals surface area contributed by atoms with Crippen molar-refractivity contribution in [3.63, 3.8) is 0 Å². The summed E-state index contributed by atoms with van der Waals surface area (Å²) in [7, 11) is 0. The van der Waals surface area contributed by atoms with Gasteiger partial charge in [-0.05, 0) is 56.5 Å². The molecule has 1 unspecified atom stereocenters. The van der Waals surface area contributed by atoms with Crippen molar-refractivity contribution < 1.29 is 19.4 Å². The number of carboxylic acid groups (broad SMARTS) is 1. The van der Waals surface area contributed by atoms with Gasteiger partial charge in [-0.25, -0.2) is 20.8 Å². The van der Waals surface area contributed by atoms with Gasteiger partial charge >= 0.3 is 12.0 Å². The highest BCUT2D eigenvalue weighted by atomic mass is 16.5. The first-order valence-electron chi connectivity index (χ1n) is 12.8. The third-order valence-corrected chi connectivity index (χ3v) is 6.21. The number of pyridine rings is 1. The second-order valence-electron chi connectivity index (χ2n) is 8.91. The number of aliphatic carboxylic acids is 1. The highest BCUT2D eigenvalue weighted by Gasteiger charge is 2.24. The van der Waals surface area contributed by atoms with Gasteiger partial charge in [0.15, 0.2) is 0 Å². The predicted molar refractivity (Wildman–Crippen MR) is 146 cm³/mol. The monoisotopic (exact) mass is 518 g/mol. The second kappa shape index (κ2) is 12.9. The van der Waals surface area contributed by atoms with Gasteiger partial charge in [0.2, 0.25) is 0 Å². The molecule has 3 heterocycles. The van der Waals surface area contributed by atoms with E-state index in [-0.39, 0.29) is 12.4 Å². The molecule has 0 radical (unpaired) electrons. The maximum absolute atomic E-state index is 11.7. The smallest absolute Gasteiger partial charge is 0.316 e. The number of hydrogen-bond donors (Lipinski definition) is 3. The Bertz CT molecular complexity index is 1260. The number of aromatic nitrogens is 3. The van der Waals surface area contributed by atoms with Crippen LogP contribution >= 0.6 is 0 Å². The third kappa shape index (κ3) is 6.77. The molecule has 4 N–H and O–H groups in total. The van der Waals surface area contributed by atoms with Crippen LogP contribution in [0, 0.1) is 0 Å². The fourth-order valence-electron chi connectivity index (χ4n) is 4.36. The number of nitrogens with one attached hydrogen (secondary N) is 1. The molecule has 1 aliphatic heterocycles. The SMILES string of the molecule is C/C=C\c1cc(OCCc2ccc3c(n2)NCCC3)ccc1N(N)C(CC(=O)O)c1cnc(OCC)nc1. The first-order valence-corrected chi connectivity index (χ1v) is 12.8. The number of ether oxygens (including phenoxy) is 2. The third-order valence-electron chi connectivity index (χ3n) is 6.21. The number of fused-ring (bicyclic) bond motifs is 1. The minimum absolute atomic E-state index is 0.229. The molecule has 0 aliphatic carbocycles. The minimum Gasteiger partial charge on any atom is -0.493 e. The van der Waals surface area contributed by atoms with Gasteiger partial charge in [0, 0.05) is 42.2 Å². The topological polar surface area (TPSA) is 136 Å². The van der Waals surface area contributed by atoms with E-state index in [9.17, 15) is 9.90 Å². The van der Waals surface area contributed by atoms with Crippen molar-refractivity contribution in [2.45, 2.75) is 45.6 Å². The van der Waals surface area contributed by atoms with E-state index in [0.29, 0.717) is 36.6 Å². The molecule has 0 bridgehead atoms. The van der Waals surface area contributed by atoms with Crippen molar-refractivity contribution in [3.05, 3.63) is 71.2 Å². The number of carboxylic acids is 1. The Morgan fingerprint density at radius 3 is 2.79 bits per heavy atom. The average Bonchev–Trinajstić information content (AvgIpc) is 2.92. The summed E-state index contributed by atoms with van der Waals surface area (Å²) < 4.78 is 11.3. The van der Waals surface area contributed by atoms with Crippen LogP contribution < -0.4 is 25.6 Å². The molecule has 0 saturated heterocycles. The Labute approximate surface area is 222 Å². The van der Waals surface area contributed by atoms with Gasteiger partial charge in [-0.1, -0.05) is 18.2 Å². The van der Waals surface area contributed by atoms with Crippen LogP contribution in [-0.4, -0.2) is 45.8 Å². The van der Waals surface area contributed by atoms with E-state index in [1.807, 2.05) is 44.2 Å². The Kier molecular flexibility index (Phi) is 9.10. The zero-order valence-corrected chi connectivity index (χ0v) is 21.8. The zero-order valence-electron chi connectivity index (χ0n) is 21.8. The highest BCUT2D eigenvalue weighted by Crippen LogP contribution is 2.32. The molecular formula is C28H34N6O4. The van der Waals surface area contributed by atoms with E-state index >= 15 is 0 Å². The maximum atomic E-state index is 11.7. The van der Waals surface area contributed by atoms with E-state index in [0.717, 1.165) is 36.5 Å². The summed E-state index contributed by atoms with van der Waals surface area (Å²) in [6.45, 7) is 5.60. The molecule has 1 aromatic carbocycles. The average molecular weight is 519 g/mol. The molecule has 200 valence electrons. The van der Waals surface area contributed by atoms with Crippen molar-refractivity contribution >= 4 is 23.6 Å². The summed E-state index contributed by atoms with van der Waals surface area (Å²) in [4.78, 5) is 24.8. The lowest BCUT2D eigenvalue weighted by Crippen LogP contribution is -2.37. The quantitative estimate of drug-likeness (QED) is 0.237. The first kappa shape index (κ1) is 26.9. The fourth-order valence-corrected chi connectivity index (χ4v) is 4.36.